The Balaban J connectivity index is 2.09. The highest BCUT2D eigenvalue weighted by atomic mass is 35.5. The van der Waals surface area contributed by atoms with E-state index < -0.39 is 28.0 Å². The van der Waals surface area contributed by atoms with Gasteiger partial charge in [0, 0.05) is 14.1 Å². The summed E-state index contributed by atoms with van der Waals surface area (Å²) in [7, 11) is -1.01. The minimum absolute atomic E-state index is 0.0147. The van der Waals surface area contributed by atoms with Crippen LogP contribution in [0, 0.1) is 0 Å². The van der Waals surface area contributed by atoms with Crippen LogP contribution < -0.4 is 5.32 Å². The highest BCUT2D eigenvalue weighted by Gasteiger charge is 2.24. The summed E-state index contributed by atoms with van der Waals surface area (Å²) in [6, 6.07) is 7.06. The molecule has 0 aliphatic heterocycles. The van der Waals surface area contributed by atoms with Crippen molar-refractivity contribution in [3.63, 3.8) is 0 Å². The number of halogens is 1. The second-order valence-corrected chi connectivity index (χ2v) is 8.33. The number of esters is 1. The van der Waals surface area contributed by atoms with Crippen molar-refractivity contribution in [1.29, 1.82) is 0 Å². The first-order chi connectivity index (χ1) is 12.6. The molecule has 2 rings (SSSR count). The lowest BCUT2D eigenvalue weighted by Crippen LogP contribution is -2.35. The number of hydrogen-bond acceptors (Lipinski definition) is 6. The van der Waals surface area contributed by atoms with Gasteiger partial charge in [-0.15, -0.1) is 0 Å². The molecule has 1 aromatic carbocycles. The number of rotatable bonds is 7. The first kappa shape index (κ1) is 20.9. The Kier molecular flexibility index (Phi) is 6.63. The number of sulfonamides is 1. The molecule has 10 heteroatoms. The summed E-state index contributed by atoms with van der Waals surface area (Å²) in [6.07, 6.45) is 0.361. The van der Waals surface area contributed by atoms with Crippen molar-refractivity contribution in [2.24, 2.45) is 0 Å². The van der Waals surface area contributed by atoms with Crippen LogP contribution in [0.25, 0.3) is 0 Å². The van der Waals surface area contributed by atoms with E-state index in [1.807, 2.05) is 0 Å². The molecule has 0 bridgehead atoms. The van der Waals surface area contributed by atoms with Crippen molar-refractivity contribution < 1.29 is 27.2 Å². The number of benzene rings is 1. The van der Waals surface area contributed by atoms with Gasteiger partial charge < -0.3 is 14.5 Å². The highest BCUT2D eigenvalue weighted by Crippen LogP contribution is 2.23. The third-order valence-electron chi connectivity index (χ3n) is 3.61. The number of nitrogens with one attached hydrogen (secondary N) is 1. The van der Waals surface area contributed by atoms with Gasteiger partial charge in [0.05, 0.1) is 28.3 Å². The summed E-state index contributed by atoms with van der Waals surface area (Å²) in [5, 5.41) is 2.58. The SMILES string of the molecule is C[C@@H](OC(=O)c1cc(S(=O)(=O)N(C)C)ccc1Cl)C(=O)NCc1ccco1. The molecule has 0 spiro atoms. The van der Waals surface area contributed by atoms with Gasteiger partial charge in [-0.25, -0.2) is 17.5 Å². The molecule has 27 heavy (non-hydrogen) atoms. The van der Waals surface area contributed by atoms with E-state index >= 15 is 0 Å². The minimum Gasteiger partial charge on any atom is -0.467 e. The normalized spacial score (nSPS) is 12.6. The highest BCUT2D eigenvalue weighted by molar-refractivity contribution is 7.89. The lowest BCUT2D eigenvalue weighted by molar-refractivity contribution is -0.129. The van der Waals surface area contributed by atoms with Crippen LogP contribution in [0.5, 0.6) is 0 Å². The van der Waals surface area contributed by atoms with E-state index in [1.165, 1.54) is 39.4 Å². The van der Waals surface area contributed by atoms with Crippen molar-refractivity contribution in [3.05, 3.63) is 52.9 Å². The zero-order valence-corrected chi connectivity index (χ0v) is 16.5. The molecule has 1 amide bonds. The number of carbonyl (C=O) groups excluding carboxylic acids is 2. The van der Waals surface area contributed by atoms with Crippen LogP contribution in [-0.2, 0) is 26.1 Å². The van der Waals surface area contributed by atoms with E-state index in [-0.39, 0.29) is 22.0 Å². The molecule has 0 aliphatic carbocycles. The van der Waals surface area contributed by atoms with Crippen molar-refractivity contribution in [2.75, 3.05) is 14.1 Å². The Morgan fingerprint density at radius 2 is 2.00 bits per heavy atom. The van der Waals surface area contributed by atoms with Gasteiger partial charge in [0.2, 0.25) is 10.0 Å². The summed E-state index contributed by atoms with van der Waals surface area (Å²) in [5.74, 6) is -0.893. The van der Waals surface area contributed by atoms with Gasteiger partial charge in [0.25, 0.3) is 5.91 Å². The second kappa shape index (κ2) is 8.55. The van der Waals surface area contributed by atoms with Gasteiger partial charge in [-0.3, -0.25) is 4.79 Å². The Hall–Kier alpha value is -2.36. The maximum atomic E-state index is 12.3. The third-order valence-corrected chi connectivity index (χ3v) is 5.75. The number of furan rings is 1. The van der Waals surface area contributed by atoms with E-state index in [1.54, 1.807) is 12.1 Å². The summed E-state index contributed by atoms with van der Waals surface area (Å²) >= 11 is 5.99. The molecule has 0 radical (unpaired) electrons. The molecular weight excluding hydrogens is 396 g/mol. The molecule has 0 fully saturated rings. The van der Waals surface area contributed by atoms with E-state index in [0.29, 0.717) is 5.76 Å². The van der Waals surface area contributed by atoms with E-state index in [4.69, 9.17) is 20.8 Å². The van der Waals surface area contributed by atoms with Crippen LogP contribution in [0.1, 0.15) is 23.0 Å². The predicted molar refractivity (Wildman–Crippen MR) is 97.8 cm³/mol. The maximum absolute atomic E-state index is 12.3. The molecule has 146 valence electrons. The van der Waals surface area contributed by atoms with Gasteiger partial charge in [-0.1, -0.05) is 11.6 Å². The summed E-state index contributed by atoms with van der Waals surface area (Å²) in [5.41, 5.74) is -0.148. The van der Waals surface area contributed by atoms with Crippen molar-refractivity contribution in [3.8, 4) is 0 Å². The Labute approximate surface area is 162 Å². The molecule has 2 aromatic rings. The minimum atomic E-state index is -3.75. The van der Waals surface area contributed by atoms with E-state index in [2.05, 4.69) is 5.32 Å². The van der Waals surface area contributed by atoms with Gasteiger partial charge in [0.15, 0.2) is 6.10 Å². The number of nitrogens with zero attached hydrogens (tertiary/aromatic N) is 1. The summed E-state index contributed by atoms with van der Waals surface area (Å²) in [4.78, 5) is 24.3. The fraction of sp³-hybridized carbons (Fsp3) is 0.294. The van der Waals surface area contributed by atoms with Gasteiger partial charge >= 0.3 is 5.97 Å². The van der Waals surface area contributed by atoms with Gasteiger partial charge in [0.1, 0.15) is 5.76 Å². The first-order valence-corrected chi connectivity index (χ1v) is 9.68. The van der Waals surface area contributed by atoms with Crippen LogP contribution >= 0.6 is 11.6 Å². The number of amides is 1. The smallest absolute Gasteiger partial charge is 0.340 e. The van der Waals surface area contributed by atoms with Crippen molar-refractivity contribution >= 4 is 33.5 Å². The topological polar surface area (TPSA) is 106 Å². The quantitative estimate of drug-likeness (QED) is 0.695. The maximum Gasteiger partial charge on any atom is 0.340 e. The molecule has 0 saturated carbocycles. The molecule has 1 atom stereocenters. The molecule has 1 aromatic heterocycles. The fourth-order valence-corrected chi connectivity index (χ4v) is 3.16. The molecule has 1 heterocycles. The lowest BCUT2D eigenvalue weighted by atomic mass is 10.2. The molecule has 0 unspecified atom stereocenters. The monoisotopic (exact) mass is 414 g/mol. The average Bonchev–Trinajstić information content (AvgIpc) is 3.13. The molecule has 0 saturated heterocycles. The van der Waals surface area contributed by atoms with Crippen LogP contribution in [0.15, 0.2) is 45.9 Å². The second-order valence-electron chi connectivity index (χ2n) is 5.77. The Bertz CT molecular complexity index is 925. The molecule has 8 nitrogen and oxygen atoms in total. The number of carbonyl (C=O) groups is 2. The average molecular weight is 415 g/mol. The Morgan fingerprint density at radius 1 is 1.30 bits per heavy atom. The fourth-order valence-electron chi connectivity index (χ4n) is 2.04. The van der Waals surface area contributed by atoms with Crippen molar-refractivity contribution in [1.82, 2.24) is 9.62 Å². The zero-order chi connectivity index (χ0) is 20.2. The molecular formula is C17H19ClN2O6S. The van der Waals surface area contributed by atoms with E-state index in [9.17, 15) is 18.0 Å². The summed E-state index contributed by atoms with van der Waals surface area (Å²) < 4.78 is 35.6. The van der Waals surface area contributed by atoms with Gasteiger partial charge in [-0.05, 0) is 37.3 Å². The van der Waals surface area contributed by atoms with Gasteiger partial charge in [-0.2, -0.15) is 0 Å². The molecule has 0 aliphatic rings. The largest absolute Gasteiger partial charge is 0.467 e. The lowest BCUT2D eigenvalue weighted by Gasteiger charge is -2.15. The molecule has 1 N–H and O–H groups in total. The first-order valence-electron chi connectivity index (χ1n) is 7.86. The third kappa shape index (κ3) is 5.09. The summed E-state index contributed by atoms with van der Waals surface area (Å²) in [6.45, 7) is 1.54. The van der Waals surface area contributed by atoms with Crippen LogP contribution in [-0.4, -0.2) is 44.8 Å². The standard InChI is InChI=1S/C17H19ClN2O6S/c1-11(16(21)19-10-12-5-4-8-25-12)26-17(22)14-9-13(6-7-15(14)18)27(23,24)20(2)3/h4-9,11H,10H2,1-3H3,(H,19,21)/t11-/m1/s1. The zero-order valence-electron chi connectivity index (χ0n) is 14.9. The number of hydrogen-bond donors (Lipinski definition) is 1. The Morgan fingerprint density at radius 3 is 2.59 bits per heavy atom. The predicted octanol–water partition coefficient (Wildman–Crippen LogP) is 2.04. The van der Waals surface area contributed by atoms with E-state index in [0.717, 1.165) is 10.4 Å². The number of ether oxygens (including phenoxy) is 1. The van der Waals surface area contributed by atoms with Crippen LogP contribution in [0.2, 0.25) is 5.02 Å². The van der Waals surface area contributed by atoms with Crippen LogP contribution in [0.4, 0.5) is 0 Å². The van der Waals surface area contributed by atoms with Crippen LogP contribution in [0.3, 0.4) is 0 Å². The van der Waals surface area contributed by atoms with Crippen molar-refractivity contribution in [2.45, 2.75) is 24.5 Å².